The summed E-state index contributed by atoms with van der Waals surface area (Å²) < 4.78 is 0. The van der Waals surface area contributed by atoms with Gasteiger partial charge in [-0.05, 0) is 46.9 Å². The second-order valence-corrected chi connectivity index (χ2v) is 7.43. The van der Waals surface area contributed by atoms with Crippen molar-refractivity contribution < 1.29 is 4.79 Å². The van der Waals surface area contributed by atoms with Gasteiger partial charge in [0.05, 0.1) is 5.69 Å². The van der Waals surface area contributed by atoms with Crippen LogP contribution in [0.3, 0.4) is 0 Å². The molecule has 0 radical (unpaired) electrons. The normalized spacial score (nSPS) is 11.1. The van der Waals surface area contributed by atoms with Crippen LogP contribution in [-0.4, -0.2) is 16.0 Å². The topological polar surface area (TPSA) is 66.9 Å². The molecule has 0 atom stereocenters. The molecule has 138 valence electrons. The Morgan fingerprint density at radius 1 is 1.00 bits per heavy atom. The van der Waals surface area contributed by atoms with E-state index in [1.54, 1.807) is 18.6 Å². The first-order valence-corrected chi connectivity index (χ1v) is 8.92. The van der Waals surface area contributed by atoms with Gasteiger partial charge in [-0.2, -0.15) is 0 Å². The van der Waals surface area contributed by atoms with Crippen LogP contribution in [0.15, 0.2) is 67.1 Å². The number of rotatable bonds is 4. The van der Waals surface area contributed by atoms with Crippen molar-refractivity contribution in [2.24, 2.45) is 0 Å². The highest BCUT2D eigenvalue weighted by Crippen LogP contribution is 2.23. The summed E-state index contributed by atoms with van der Waals surface area (Å²) in [6.07, 6.45) is 5.27. The summed E-state index contributed by atoms with van der Waals surface area (Å²) in [5.41, 5.74) is 4.85. The summed E-state index contributed by atoms with van der Waals surface area (Å²) in [5, 5.41) is 5.70. The van der Waals surface area contributed by atoms with Crippen molar-refractivity contribution in [3.63, 3.8) is 0 Å². The van der Waals surface area contributed by atoms with E-state index in [4.69, 9.17) is 0 Å². The number of amides is 2. The maximum atomic E-state index is 12.1. The Labute approximate surface area is 159 Å². The summed E-state index contributed by atoms with van der Waals surface area (Å²) in [4.78, 5) is 20.6. The molecule has 0 aliphatic carbocycles. The fourth-order valence-corrected chi connectivity index (χ4v) is 2.63. The van der Waals surface area contributed by atoms with E-state index >= 15 is 0 Å². The summed E-state index contributed by atoms with van der Waals surface area (Å²) in [6, 6.07) is 15.4. The Morgan fingerprint density at radius 2 is 1.78 bits per heavy atom. The lowest BCUT2D eigenvalue weighted by Crippen LogP contribution is -2.28. The van der Waals surface area contributed by atoms with Crippen molar-refractivity contribution in [1.29, 1.82) is 0 Å². The van der Waals surface area contributed by atoms with Crippen molar-refractivity contribution >= 4 is 11.7 Å². The number of nitrogens with zero attached hydrogens (tertiary/aromatic N) is 2. The van der Waals surface area contributed by atoms with Gasteiger partial charge in [-0.3, -0.25) is 9.97 Å². The molecule has 0 unspecified atom stereocenters. The molecule has 2 amide bonds. The Bertz CT molecular complexity index is 882. The first-order valence-electron chi connectivity index (χ1n) is 8.92. The number of aromatic nitrogens is 2. The highest BCUT2D eigenvalue weighted by atomic mass is 16.2. The lowest BCUT2D eigenvalue weighted by atomic mass is 9.87. The zero-order valence-electron chi connectivity index (χ0n) is 15.9. The van der Waals surface area contributed by atoms with Gasteiger partial charge in [0.15, 0.2) is 0 Å². The van der Waals surface area contributed by atoms with E-state index in [1.165, 1.54) is 5.56 Å². The number of anilines is 1. The van der Waals surface area contributed by atoms with Crippen LogP contribution in [0.4, 0.5) is 10.5 Å². The maximum absolute atomic E-state index is 12.1. The monoisotopic (exact) mass is 360 g/mol. The fourth-order valence-electron chi connectivity index (χ4n) is 2.63. The zero-order chi connectivity index (χ0) is 19.3. The largest absolute Gasteiger partial charge is 0.334 e. The standard InChI is InChI=1S/C22H24N4O/c1-22(2,3)18-7-9-19(10-8-18)26-21(27)25-14-16-6-11-20(24-13-16)17-5-4-12-23-15-17/h4-13,15H,14H2,1-3H3,(H2,25,26,27). The van der Waals surface area contributed by atoms with Crippen LogP contribution in [-0.2, 0) is 12.0 Å². The van der Waals surface area contributed by atoms with Gasteiger partial charge in [-0.1, -0.05) is 39.0 Å². The first-order chi connectivity index (χ1) is 12.9. The molecule has 2 N–H and O–H groups in total. The Balaban J connectivity index is 1.53. The van der Waals surface area contributed by atoms with Crippen molar-refractivity contribution in [2.45, 2.75) is 32.7 Å². The van der Waals surface area contributed by atoms with E-state index in [9.17, 15) is 4.79 Å². The summed E-state index contributed by atoms with van der Waals surface area (Å²) >= 11 is 0. The van der Waals surface area contributed by atoms with Crippen LogP contribution >= 0.6 is 0 Å². The van der Waals surface area contributed by atoms with Gasteiger partial charge >= 0.3 is 6.03 Å². The quantitative estimate of drug-likeness (QED) is 0.705. The van der Waals surface area contributed by atoms with Crippen LogP contribution in [0.25, 0.3) is 11.3 Å². The van der Waals surface area contributed by atoms with Crippen LogP contribution in [0.5, 0.6) is 0 Å². The molecule has 0 aliphatic rings. The number of pyridine rings is 2. The van der Waals surface area contributed by atoms with Crippen LogP contribution < -0.4 is 10.6 Å². The molecule has 0 fully saturated rings. The second kappa shape index (κ2) is 7.99. The molecule has 5 nitrogen and oxygen atoms in total. The molecular formula is C22H24N4O. The van der Waals surface area contributed by atoms with Crippen LogP contribution in [0.2, 0.25) is 0 Å². The Hall–Kier alpha value is -3.21. The molecule has 5 heteroatoms. The third-order valence-electron chi connectivity index (χ3n) is 4.24. The third kappa shape index (κ3) is 5.14. The number of carbonyl (C=O) groups excluding carboxylic acids is 1. The van der Waals surface area contributed by atoms with Gasteiger partial charge in [0, 0.05) is 36.4 Å². The van der Waals surface area contributed by atoms with Gasteiger partial charge in [0.1, 0.15) is 0 Å². The van der Waals surface area contributed by atoms with E-state index in [-0.39, 0.29) is 11.4 Å². The van der Waals surface area contributed by atoms with Crippen LogP contribution in [0, 0.1) is 0 Å². The van der Waals surface area contributed by atoms with E-state index < -0.39 is 0 Å². The predicted octanol–water partition coefficient (Wildman–Crippen LogP) is 4.76. The van der Waals surface area contributed by atoms with Crippen molar-refractivity contribution in [1.82, 2.24) is 15.3 Å². The summed E-state index contributed by atoms with van der Waals surface area (Å²) in [6.45, 7) is 6.90. The van der Waals surface area contributed by atoms with Crippen LogP contribution in [0.1, 0.15) is 31.9 Å². The van der Waals surface area contributed by atoms with E-state index in [1.807, 2.05) is 48.5 Å². The molecule has 0 bridgehead atoms. The lowest BCUT2D eigenvalue weighted by molar-refractivity contribution is 0.251. The van der Waals surface area contributed by atoms with Gasteiger partial charge in [-0.15, -0.1) is 0 Å². The minimum absolute atomic E-state index is 0.0930. The second-order valence-electron chi connectivity index (χ2n) is 7.43. The van der Waals surface area contributed by atoms with Gasteiger partial charge in [0.2, 0.25) is 0 Å². The number of urea groups is 1. The highest BCUT2D eigenvalue weighted by molar-refractivity contribution is 5.89. The molecule has 2 aromatic heterocycles. The fraction of sp³-hybridized carbons (Fsp3) is 0.227. The van der Waals surface area contributed by atoms with Crippen molar-refractivity contribution in [3.8, 4) is 11.3 Å². The van der Waals surface area contributed by atoms with Gasteiger partial charge in [-0.25, -0.2) is 4.79 Å². The molecule has 0 saturated heterocycles. The molecule has 0 saturated carbocycles. The molecule has 0 aliphatic heterocycles. The Kier molecular flexibility index (Phi) is 5.50. The SMILES string of the molecule is CC(C)(C)c1ccc(NC(=O)NCc2ccc(-c3cccnc3)nc2)cc1. The minimum Gasteiger partial charge on any atom is -0.334 e. The smallest absolute Gasteiger partial charge is 0.319 e. The number of nitrogens with one attached hydrogen (secondary N) is 2. The van der Waals surface area contributed by atoms with E-state index in [0.29, 0.717) is 6.54 Å². The number of hydrogen-bond acceptors (Lipinski definition) is 3. The summed E-state index contributed by atoms with van der Waals surface area (Å²) in [7, 11) is 0. The summed E-state index contributed by atoms with van der Waals surface area (Å²) in [5.74, 6) is 0. The maximum Gasteiger partial charge on any atom is 0.319 e. The van der Waals surface area contributed by atoms with Crippen molar-refractivity contribution in [2.75, 3.05) is 5.32 Å². The Morgan fingerprint density at radius 3 is 2.37 bits per heavy atom. The average Bonchev–Trinajstić information content (AvgIpc) is 2.67. The van der Waals surface area contributed by atoms with Gasteiger partial charge < -0.3 is 10.6 Å². The number of hydrogen-bond donors (Lipinski definition) is 2. The molecule has 1 aromatic carbocycles. The number of carbonyl (C=O) groups is 1. The molecular weight excluding hydrogens is 336 g/mol. The lowest BCUT2D eigenvalue weighted by Gasteiger charge is -2.19. The molecule has 3 aromatic rings. The molecule has 27 heavy (non-hydrogen) atoms. The average molecular weight is 360 g/mol. The number of benzene rings is 1. The highest BCUT2D eigenvalue weighted by Gasteiger charge is 2.13. The van der Waals surface area contributed by atoms with Crippen molar-refractivity contribution in [3.05, 3.63) is 78.2 Å². The van der Waals surface area contributed by atoms with E-state index in [0.717, 1.165) is 22.5 Å². The van der Waals surface area contributed by atoms with E-state index in [2.05, 4.69) is 41.4 Å². The molecule has 2 heterocycles. The predicted molar refractivity (Wildman–Crippen MR) is 108 cm³/mol. The zero-order valence-corrected chi connectivity index (χ0v) is 15.9. The molecule has 3 rings (SSSR count). The molecule has 0 spiro atoms. The minimum atomic E-state index is -0.241. The third-order valence-corrected chi connectivity index (χ3v) is 4.24. The van der Waals surface area contributed by atoms with Gasteiger partial charge in [0.25, 0.3) is 0 Å². The first kappa shape index (κ1) is 18.6.